The highest BCUT2D eigenvalue weighted by atomic mass is 35.5. The maximum atomic E-state index is 7.14. The van der Waals surface area contributed by atoms with Crippen molar-refractivity contribution in [1.29, 1.82) is 0 Å². The van der Waals surface area contributed by atoms with Crippen LogP contribution in [0.2, 0.25) is 10.0 Å². The number of anilines is 1. The van der Waals surface area contributed by atoms with Crippen molar-refractivity contribution in [2.75, 3.05) is 18.0 Å². The van der Waals surface area contributed by atoms with Crippen molar-refractivity contribution < 1.29 is 0 Å². The van der Waals surface area contributed by atoms with Gasteiger partial charge in [-0.05, 0) is 54.4 Å². The fourth-order valence-electron chi connectivity index (χ4n) is 4.24. The molecule has 0 spiro atoms. The van der Waals surface area contributed by atoms with Gasteiger partial charge in [0.2, 0.25) is 0 Å². The van der Waals surface area contributed by atoms with Gasteiger partial charge in [0.15, 0.2) is 5.69 Å². The molecule has 3 aromatic carbocycles. The van der Waals surface area contributed by atoms with Crippen LogP contribution in [0.25, 0.3) is 4.85 Å². The Labute approximate surface area is 188 Å². The van der Waals surface area contributed by atoms with E-state index in [-0.39, 0.29) is 6.04 Å². The summed E-state index contributed by atoms with van der Waals surface area (Å²) in [6, 6.07) is 24.7. The average molecular weight is 436 g/mol. The van der Waals surface area contributed by atoms with Gasteiger partial charge in [-0.3, -0.25) is 4.90 Å². The number of hydrogen-bond acceptors (Lipinski definition) is 2. The summed E-state index contributed by atoms with van der Waals surface area (Å²) in [5.41, 5.74) is 4.32. The largest absolute Gasteiger partial charge is 0.359 e. The van der Waals surface area contributed by atoms with Crippen molar-refractivity contribution in [2.24, 2.45) is 0 Å². The summed E-state index contributed by atoms with van der Waals surface area (Å²) in [5.74, 6) is 0. The minimum atomic E-state index is 0.203. The first-order chi connectivity index (χ1) is 14.5. The molecular weight excluding hydrogens is 413 g/mol. The van der Waals surface area contributed by atoms with Crippen molar-refractivity contribution in [1.82, 2.24) is 4.90 Å². The van der Waals surface area contributed by atoms with E-state index in [0.29, 0.717) is 11.7 Å². The Kier molecular flexibility index (Phi) is 6.29. The zero-order valence-electron chi connectivity index (χ0n) is 16.8. The van der Waals surface area contributed by atoms with Crippen molar-refractivity contribution in [3.8, 4) is 0 Å². The summed E-state index contributed by atoms with van der Waals surface area (Å²) < 4.78 is 0. The Morgan fingerprint density at radius 2 is 1.47 bits per heavy atom. The number of piperazine rings is 1. The summed E-state index contributed by atoms with van der Waals surface area (Å²) in [7, 11) is 0. The average Bonchev–Trinajstić information content (AvgIpc) is 2.75. The third-order valence-electron chi connectivity index (χ3n) is 5.62. The van der Waals surface area contributed by atoms with Crippen molar-refractivity contribution in [3.05, 3.63) is 105 Å². The molecule has 5 heteroatoms. The summed E-state index contributed by atoms with van der Waals surface area (Å²) >= 11 is 12.3. The Morgan fingerprint density at radius 3 is 2.07 bits per heavy atom. The third-order valence-corrected chi connectivity index (χ3v) is 6.12. The van der Waals surface area contributed by atoms with E-state index in [0.717, 1.165) is 29.7 Å². The molecule has 3 aromatic rings. The van der Waals surface area contributed by atoms with Gasteiger partial charge in [-0.25, -0.2) is 4.85 Å². The molecule has 30 heavy (non-hydrogen) atoms. The zero-order valence-corrected chi connectivity index (χ0v) is 18.3. The molecule has 2 atom stereocenters. The van der Waals surface area contributed by atoms with Crippen molar-refractivity contribution in [2.45, 2.75) is 25.6 Å². The van der Waals surface area contributed by atoms with Crippen LogP contribution < -0.4 is 4.90 Å². The van der Waals surface area contributed by atoms with Gasteiger partial charge < -0.3 is 4.90 Å². The number of rotatable bonds is 4. The standard InChI is InChI=1S/C25H23Cl2N3/c1-18-15-29(16-19-3-11-23(28-2)12-4-19)17-25(20-5-7-21(26)8-6-20)30(18)24-13-9-22(27)10-14-24/h3-14,18,25H,15-17H2,1H3/t18-,25+/m1/s1. The molecule has 1 heterocycles. The lowest BCUT2D eigenvalue weighted by atomic mass is 9.97. The van der Waals surface area contributed by atoms with Crippen LogP contribution in [0.15, 0.2) is 72.8 Å². The fraction of sp³-hybridized carbons (Fsp3) is 0.240. The second kappa shape index (κ2) is 9.10. The SMILES string of the molecule is [C-]#[N+]c1ccc(CN2C[C@@H](C)N(c3ccc(Cl)cc3)[C@H](c3ccc(Cl)cc3)C2)cc1. The molecule has 1 aliphatic rings. The molecule has 0 N–H and O–H groups in total. The van der Waals surface area contributed by atoms with E-state index in [2.05, 4.69) is 58.0 Å². The molecule has 1 saturated heterocycles. The van der Waals surface area contributed by atoms with E-state index in [1.54, 1.807) is 0 Å². The number of nitrogens with zero attached hydrogens (tertiary/aromatic N) is 3. The Balaban J connectivity index is 1.62. The molecule has 0 unspecified atom stereocenters. The summed E-state index contributed by atoms with van der Waals surface area (Å²) in [5, 5.41) is 1.49. The fourth-order valence-corrected chi connectivity index (χ4v) is 4.49. The minimum absolute atomic E-state index is 0.203. The van der Waals surface area contributed by atoms with Crippen LogP contribution in [0.5, 0.6) is 0 Å². The molecule has 0 bridgehead atoms. The molecule has 1 fully saturated rings. The molecule has 0 saturated carbocycles. The van der Waals surface area contributed by atoms with E-state index >= 15 is 0 Å². The quantitative estimate of drug-likeness (QED) is 0.408. The highest BCUT2D eigenvalue weighted by molar-refractivity contribution is 6.30. The molecule has 1 aliphatic heterocycles. The van der Waals surface area contributed by atoms with Crippen LogP contribution in [0.3, 0.4) is 0 Å². The first kappa shape index (κ1) is 20.8. The highest BCUT2D eigenvalue weighted by Gasteiger charge is 2.33. The lowest BCUT2D eigenvalue weighted by Gasteiger charge is -2.47. The smallest absolute Gasteiger partial charge is 0.187 e. The molecule has 0 aliphatic carbocycles. The molecule has 3 nitrogen and oxygen atoms in total. The Hall–Kier alpha value is -2.51. The van der Waals surface area contributed by atoms with Crippen LogP contribution >= 0.6 is 23.2 Å². The Bertz CT molecular complexity index is 1020. The predicted molar refractivity (Wildman–Crippen MR) is 126 cm³/mol. The second-order valence-electron chi connectivity index (χ2n) is 7.77. The van der Waals surface area contributed by atoms with Crippen LogP contribution in [0.4, 0.5) is 11.4 Å². The lowest BCUT2D eigenvalue weighted by Crippen LogP contribution is -2.53. The minimum Gasteiger partial charge on any atom is -0.359 e. The van der Waals surface area contributed by atoms with Gasteiger partial charge in [0, 0.05) is 41.4 Å². The molecular formula is C25H23Cl2N3. The van der Waals surface area contributed by atoms with Crippen LogP contribution in [-0.4, -0.2) is 24.0 Å². The van der Waals surface area contributed by atoms with Gasteiger partial charge in [0.05, 0.1) is 12.6 Å². The number of halogens is 2. The summed E-state index contributed by atoms with van der Waals surface area (Å²) in [6.45, 7) is 12.1. The lowest BCUT2D eigenvalue weighted by molar-refractivity contribution is 0.187. The van der Waals surface area contributed by atoms with Gasteiger partial charge in [-0.1, -0.05) is 59.6 Å². The highest BCUT2D eigenvalue weighted by Crippen LogP contribution is 2.35. The van der Waals surface area contributed by atoms with Gasteiger partial charge in [0.25, 0.3) is 0 Å². The summed E-state index contributed by atoms with van der Waals surface area (Å²) in [6.07, 6.45) is 0. The normalized spacial score (nSPS) is 19.5. The Morgan fingerprint density at radius 1 is 0.867 bits per heavy atom. The molecule has 0 radical (unpaired) electrons. The summed E-state index contributed by atoms with van der Waals surface area (Å²) in [4.78, 5) is 8.46. The number of hydrogen-bond donors (Lipinski definition) is 0. The molecule has 152 valence electrons. The second-order valence-corrected chi connectivity index (χ2v) is 8.65. The molecule has 0 aromatic heterocycles. The van der Waals surface area contributed by atoms with Crippen LogP contribution in [0.1, 0.15) is 24.1 Å². The third kappa shape index (κ3) is 4.63. The van der Waals surface area contributed by atoms with Crippen molar-refractivity contribution >= 4 is 34.6 Å². The van der Waals surface area contributed by atoms with Crippen LogP contribution in [-0.2, 0) is 6.54 Å². The van der Waals surface area contributed by atoms with Gasteiger partial charge in [-0.2, -0.15) is 0 Å². The van der Waals surface area contributed by atoms with Gasteiger partial charge >= 0.3 is 0 Å². The maximum Gasteiger partial charge on any atom is 0.187 e. The van der Waals surface area contributed by atoms with Crippen molar-refractivity contribution in [3.63, 3.8) is 0 Å². The van der Waals surface area contributed by atoms with E-state index in [1.165, 1.54) is 16.8 Å². The monoisotopic (exact) mass is 435 g/mol. The van der Waals surface area contributed by atoms with E-state index < -0.39 is 0 Å². The van der Waals surface area contributed by atoms with E-state index in [1.807, 2.05) is 36.4 Å². The first-order valence-corrected chi connectivity index (χ1v) is 10.8. The van der Waals surface area contributed by atoms with Gasteiger partial charge in [-0.15, -0.1) is 0 Å². The van der Waals surface area contributed by atoms with E-state index in [4.69, 9.17) is 29.8 Å². The number of benzene rings is 3. The predicted octanol–water partition coefficient (Wildman–Crippen LogP) is 7.00. The van der Waals surface area contributed by atoms with Crippen LogP contribution in [0, 0.1) is 6.57 Å². The molecule has 4 rings (SSSR count). The first-order valence-electron chi connectivity index (χ1n) is 10.0. The maximum absolute atomic E-state index is 7.14. The zero-order chi connectivity index (χ0) is 21.1. The van der Waals surface area contributed by atoms with E-state index in [9.17, 15) is 0 Å². The van der Waals surface area contributed by atoms with Gasteiger partial charge in [0.1, 0.15) is 0 Å². The topological polar surface area (TPSA) is 10.8 Å². The molecule has 0 amide bonds.